The topological polar surface area (TPSA) is 231 Å². The number of carbonyl (C=O) groups is 6. The number of aliphatic carboxylic acids is 2. The molecule has 1 rings (SSSR count). The quantitative estimate of drug-likeness (QED) is 0.146. The largest absolute Gasteiger partial charge is 0.481 e. The fourth-order valence-electron chi connectivity index (χ4n) is 3.24. The van der Waals surface area contributed by atoms with Gasteiger partial charge in [0.25, 0.3) is 0 Å². The number of nitrogens with two attached hydrogens (primary N) is 2. The first kappa shape index (κ1) is 30.0. The van der Waals surface area contributed by atoms with Crippen molar-refractivity contribution in [2.24, 2.45) is 17.4 Å². The van der Waals surface area contributed by atoms with Crippen molar-refractivity contribution in [1.82, 2.24) is 16.0 Å². The summed E-state index contributed by atoms with van der Waals surface area (Å²) in [5.74, 6) is -7.00. The summed E-state index contributed by atoms with van der Waals surface area (Å²) in [5.41, 5.74) is 11.9. The van der Waals surface area contributed by atoms with E-state index in [2.05, 4.69) is 16.0 Å². The summed E-state index contributed by atoms with van der Waals surface area (Å²) in [5, 5.41) is 25.0. The summed E-state index contributed by atoms with van der Waals surface area (Å²) >= 11 is 0. The van der Waals surface area contributed by atoms with E-state index in [1.165, 1.54) is 0 Å². The lowest BCUT2D eigenvalue weighted by atomic mass is 9.97. The van der Waals surface area contributed by atoms with Crippen molar-refractivity contribution in [3.05, 3.63) is 35.9 Å². The molecule has 0 spiro atoms. The van der Waals surface area contributed by atoms with Crippen molar-refractivity contribution < 1.29 is 39.0 Å². The summed E-state index contributed by atoms with van der Waals surface area (Å²) in [7, 11) is 0. The van der Waals surface area contributed by atoms with Gasteiger partial charge >= 0.3 is 11.9 Å². The smallest absolute Gasteiger partial charge is 0.326 e. The van der Waals surface area contributed by atoms with E-state index in [9.17, 15) is 33.9 Å². The Hall–Kier alpha value is -4.00. The number of nitrogens with one attached hydrogen (secondary N) is 3. The standard InChI is InChI=1S/C23H33N5O8/c1-3-12(2)19(22(34)27-16(23(35)36)11-18(30)31)28-21(33)15(10-17(25)29)26-20(32)14(24)9-13-7-5-4-6-8-13/h4-8,12,14-16,19H,3,9-11,24H2,1-2H3,(H2,25,29)(H,26,32)(H,27,34)(H,28,33)(H,30,31)(H,35,36). The van der Waals surface area contributed by atoms with Gasteiger partial charge in [0.15, 0.2) is 0 Å². The zero-order chi connectivity index (χ0) is 27.4. The summed E-state index contributed by atoms with van der Waals surface area (Å²) in [6.07, 6.45) is -0.914. The minimum atomic E-state index is -1.73. The molecule has 1 aromatic rings. The third-order valence-electron chi connectivity index (χ3n) is 5.46. The van der Waals surface area contributed by atoms with E-state index in [4.69, 9.17) is 16.6 Å². The molecule has 0 radical (unpaired) electrons. The molecule has 1 aromatic carbocycles. The van der Waals surface area contributed by atoms with E-state index >= 15 is 0 Å². The Morgan fingerprint density at radius 3 is 1.94 bits per heavy atom. The first-order chi connectivity index (χ1) is 16.8. The summed E-state index contributed by atoms with van der Waals surface area (Å²) in [6, 6.07) is 3.37. The van der Waals surface area contributed by atoms with E-state index in [1.807, 2.05) is 0 Å². The van der Waals surface area contributed by atoms with Crippen LogP contribution in [0.1, 0.15) is 38.7 Å². The number of benzene rings is 1. The fraction of sp³-hybridized carbons (Fsp3) is 0.478. The van der Waals surface area contributed by atoms with Crippen molar-refractivity contribution in [3.63, 3.8) is 0 Å². The number of hydrogen-bond donors (Lipinski definition) is 7. The molecule has 13 heteroatoms. The highest BCUT2D eigenvalue weighted by molar-refractivity contribution is 5.96. The van der Waals surface area contributed by atoms with E-state index < -0.39 is 78.5 Å². The van der Waals surface area contributed by atoms with Crippen LogP contribution >= 0.6 is 0 Å². The van der Waals surface area contributed by atoms with Gasteiger partial charge in [-0.3, -0.25) is 24.0 Å². The van der Waals surface area contributed by atoms with Gasteiger partial charge < -0.3 is 37.6 Å². The van der Waals surface area contributed by atoms with Gasteiger partial charge in [0, 0.05) is 0 Å². The van der Waals surface area contributed by atoms with E-state index in [0.717, 1.165) is 5.56 Å². The third kappa shape index (κ3) is 10.1. The molecule has 198 valence electrons. The molecule has 0 aliphatic heterocycles. The Morgan fingerprint density at radius 2 is 1.44 bits per heavy atom. The molecule has 5 unspecified atom stereocenters. The van der Waals surface area contributed by atoms with Crippen molar-refractivity contribution >= 4 is 35.6 Å². The fourth-order valence-corrected chi connectivity index (χ4v) is 3.24. The van der Waals surface area contributed by atoms with Crippen LogP contribution in [0.2, 0.25) is 0 Å². The first-order valence-electron chi connectivity index (χ1n) is 11.3. The number of hydrogen-bond acceptors (Lipinski definition) is 7. The van der Waals surface area contributed by atoms with Crippen molar-refractivity contribution in [2.45, 2.75) is 63.7 Å². The monoisotopic (exact) mass is 507 g/mol. The highest BCUT2D eigenvalue weighted by Crippen LogP contribution is 2.10. The van der Waals surface area contributed by atoms with E-state index in [1.54, 1.807) is 44.2 Å². The molecular formula is C23H33N5O8. The molecule has 0 aromatic heterocycles. The lowest BCUT2D eigenvalue weighted by Gasteiger charge is -2.27. The maximum absolute atomic E-state index is 13.0. The second kappa shape index (κ2) is 14.4. The molecule has 36 heavy (non-hydrogen) atoms. The maximum atomic E-state index is 13.0. The molecule has 0 saturated heterocycles. The van der Waals surface area contributed by atoms with Gasteiger partial charge in [-0.2, -0.15) is 0 Å². The van der Waals surface area contributed by atoms with Crippen LogP contribution in [0.15, 0.2) is 30.3 Å². The number of rotatable bonds is 15. The van der Waals surface area contributed by atoms with Crippen molar-refractivity contribution in [3.8, 4) is 0 Å². The van der Waals surface area contributed by atoms with Crippen molar-refractivity contribution in [2.75, 3.05) is 0 Å². The van der Waals surface area contributed by atoms with Crippen LogP contribution < -0.4 is 27.4 Å². The third-order valence-corrected chi connectivity index (χ3v) is 5.46. The van der Waals surface area contributed by atoms with Crippen LogP contribution in [-0.2, 0) is 35.2 Å². The lowest BCUT2D eigenvalue weighted by molar-refractivity contribution is -0.147. The van der Waals surface area contributed by atoms with Crippen molar-refractivity contribution in [1.29, 1.82) is 0 Å². The molecule has 0 saturated carbocycles. The average molecular weight is 508 g/mol. The van der Waals surface area contributed by atoms with Gasteiger partial charge in [0.1, 0.15) is 18.1 Å². The molecular weight excluding hydrogens is 474 g/mol. The Kier molecular flexibility index (Phi) is 12.0. The molecule has 4 amide bonds. The van der Waals surface area contributed by atoms with Gasteiger partial charge in [-0.05, 0) is 17.9 Å². The SMILES string of the molecule is CCC(C)C(NC(=O)C(CC(N)=O)NC(=O)C(N)Cc1ccccc1)C(=O)NC(CC(=O)O)C(=O)O. The Bertz CT molecular complexity index is 955. The normalized spacial score (nSPS) is 14.9. The van der Waals surface area contributed by atoms with Crippen LogP contribution in [0.4, 0.5) is 0 Å². The maximum Gasteiger partial charge on any atom is 0.326 e. The summed E-state index contributed by atoms with van der Waals surface area (Å²) in [6.45, 7) is 3.32. The Labute approximate surface area is 208 Å². The van der Waals surface area contributed by atoms with Crippen LogP contribution in [0.3, 0.4) is 0 Å². The van der Waals surface area contributed by atoms with Gasteiger partial charge in [-0.15, -0.1) is 0 Å². The molecule has 5 atom stereocenters. The van der Waals surface area contributed by atoms with Gasteiger partial charge in [-0.1, -0.05) is 50.6 Å². The number of carbonyl (C=O) groups excluding carboxylic acids is 4. The summed E-state index contributed by atoms with van der Waals surface area (Å²) < 4.78 is 0. The predicted octanol–water partition coefficient (Wildman–Crippen LogP) is -1.51. The van der Waals surface area contributed by atoms with Crippen LogP contribution in [0.25, 0.3) is 0 Å². The number of primary amides is 1. The van der Waals surface area contributed by atoms with E-state index in [-0.39, 0.29) is 6.42 Å². The van der Waals surface area contributed by atoms with E-state index in [0.29, 0.717) is 6.42 Å². The van der Waals surface area contributed by atoms with Gasteiger partial charge in [0.05, 0.1) is 18.9 Å². The zero-order valence-electron chi connectivity index (χ0n) is 20.1. The molecule has 0 heterocycles. The Balaban J connectivity index is 3.00. The zero-order valence-corrected chi connectivity index (χ0v) is 20.1. The predicted molar refractivity (Wildman–Crippen MR) is 127 cm³/mol. The van der Waals surface area contributed by atoms with Crippen LogP contribution in [-0.4, -0.2) is 69.9 Å². The number of carboxylic acid groups (broad SMARTS) is 2. The van der Waals surface area contributed by atoms with Gasteiger partial charge in [0.2, 0.25) is 23.6 Å². The molecule has 9 N–H and O–H groups in total. The number of carboxylic acids is 2. The minimum Gasteiger partial charge on any atom is -0.481 e. The lowest BCUT2D eigenvalue weighted by Crippen LogP contribution is -2.59. The summed E-state index contributed by atoms with van der Waals surface area (Å²) in [4.78, 5) is 72.1. The molecule has 0 aliphatic carbocycles. The first-order valence-corrected chi connectivity index (χ1v) is 11.3. The van der Waals surface area contributed by atoms with Gasteiger partial charge in [-0.25, -0.2) is 4.79 Å². The van der Waals surface area contributed by atoms with Crippen LogP contribution in [0.5, 0.6) is 0 Å². The second-order valence-electron chi connectivity index (χ2n) is 8.40. The molecule has 0 aliphatic rings. The highest BCUT2D eigenvalue weighted by atomic mass is 16.4. The molecule has 0 bridgehead atoms. The molecule has 0 fully saturated rings. The molecule has 13 nitrogen and oxygen atoms in total. The average Bonchev–Trinajstić information content (AvgIpc) is 2.80. The number of amides is 4. The van der Waals surface area contributed by atoms with Crippen LogP contribution in [0, 0.1) is 5.92 Å². The second-order valence-corrected chi connectivity index (χ2v) is 8.40. The highest BCUT2D eigenvalue weighted by Gasteiger charge is 2.33. The minimum absolute atomic E-state index is 0.162. The Morgan fingerprint density at radius 1 is 0.861 bits per heavy atom.